The zero-order valence-corrected chi connectivity index (χ0v) is 12.0. The average Bonchev–Trinajstić information content (AvgIpc) is 2.74. The van der Waals surface area contributed by atoms with Crippen LogP contribution in [0.15, 0.2) is 48.5 Å². The van der Waals surface area contributed by atoms with Gasteiger partial charge in [0.25, 0.3) is 0 Å². The Bertz CT molecular complexity index is 806. The number of hydrogen-bond acceptors (Lipinski definition) is 1. The standard InChI is InChI=1S/C18H17NO/c1-12-11-17(14(3)20)13(2)19(12)18-10-6-8-15-7-4-5-9-16(15)18/h4-11H,1-3H3. The summed E-state index contributed by atoms with van der Waals surface area (Å²) in [6.45, 7) is 5.67. The molecule has 0 N–H and O–H groups in total. The minimum atomic E-state index is 0.115. The van der Waals surface area contributed by atoms with Crippen molar-refractivity contribution in [2.45, 2.75) is 20.8 Å². The number of hydrogen-bond donors (Lipinski definition) is 0. The molecule has 0 saturated carbocycles. The SMILES string of the molecule is CC(=O)c1cc(C)n(-c2cccc3ccccc23)c1C. The lowest BCUT2D eigenvalue weighted by atomic mass is 10.1. The lowest BCUT2D eigenvalue weighted by Gasteiger charge is -2.13. The van der Waals surface area contributed by atoms with Gasteiger partial charge in [-0.05, 0) is 38.3 Å². The number of nitrogens with zero attached hydrogens (tertiary/aromatic N) is 1. The number of aryl methyl sites for hydroxylation is 1. The number of carbonyl (C=O) groups is 1. The van der Waals surface area contributed by atoms with E-state index in [0.717, 1.165) is 22.6 Å². The molecule has 3 aromatic rings. The molecular weight excluding hydrogens is 246 g/mol. The molecule has 0 spiro atoms. The van der Waals surface area contributed by atoms with Crippen molar-refractivity contribution < 1.29 is 4.79 Å². The number of rotatable bonds is 2. The molecule has 0 saturated heterocycles. The lowest BCUT2D eigenvalue weighted by molar-refractivity contribution is 0.101. The Kier molecular flexibility index (Phi) is 2.94. The van der Waals surface area contributed by atoms with E-state index >= 15 is 0 Å². The van der Waals surface area contributed by atoms with Crippen LogP contribution < -0.4 is 0 Å². The highest BCUT2D eigenvalue weighted by Gasteiger charge is 2.14. The topological polar surface area (TPSA) is 22.0 Å². The van der Waals surface area contributed by atoms with E-state index in [4.69, 9.17) is 0 Å². The number of Topliss-reactive ketones (excluding diaryl/α,β-unsaturated/α-hetero) is 1. The van der Waals surface area contributed by atoms with Crippen molar-refractivity contribution in [2.75, 3.05) is 0 Å². The highest BCUT2D eigenvalue weighted by atomic mass is 16.1. The van der Waals surface area contributed by atoms with Gasteiger partial charge in [-0.1, -0.05) is 36.4 Å². The van der Waals surface area contributed by atoms with Crippen LogP contribution >= 0.6 is 0 Å². The van der Waals surface area contributed by atoms with Gasteiger partial charge in [0.05, 0.1) is 5.69 Å². The molecule has 100 valence electrons. The fraction of sp³-hybridized carbons (Fsp3) is 0.167. The van der Waals surface area contributed by atoms with Crippen molar-refractivity contribution in [1.82, 2.24) is 4.57 Å². The summed E-state index contributed by atoms with van der Waals surface area (Å²) < 4.78 is 2.17. The Morgan fingerprint density at radius 1 is 1.00 bits per heavy atom. The molecule has 1 aromatic heterocycles. The van der Waals surface area contributed by atoms with Crippen molar-refractivity contribution in [1.29, 1.82) is 0 Å². The van der Waals surface area contributed by atoms with Crippen molar-refractivity contribution in [2.24, 2.45) is 0 Å². The van der Waals surface area contributed by atoms with Gasteiger partial charge < -0.3 is 4.57 Å². The van der Waals surface area contributed by atoms with Gasteiger partial charge in [-0.15, -0.1) is 0 Å². The largest absolute Gasteiger partial charge is 0.317 e. The summed E-state index contributed by atoms with van der Waals surface area (Å²) in [5, 5.41) is 2.41. The van der Waals surface area contributed by atoms with Crippen LogP contribution in [0.2, 0.25) is 0 Å². The third-order valence-electron chi connectivity index (χ3n) is 3.82. The first-order valence-electron chi connectivity index (χ1n) is 6.77. The fourth-order valence-corrected chi connectivity index (χ4v) is 2.89. The van der Waals surface area contributed by atoms with E-state index < -0.39 is 0 Å². The maximum atomic E-state index is 11.7. The third kappa shape index (κ3) is 1.85. The molecule has 1 heterocycles. The monoisotopic (exact) mass is 263 g/mol. The fourth-order valence-electron chi connectivity index (χ4n) is 2.89. The number of fused-ring (bicyclic) bond motifs is 1. The quantitative estimate of drug-likeness (QED) is 0.626. The molecule has 0 atom stereocenters. The molecule has 2 heteroatoms. The summed E-state index contributed by atoms with van der Waals surface area (Å²) in [7, 11) is 0. The van der Waals surface area contributed by atoms with Crippen LogP contribution in [-0.2, 0) is 0 Å². The van der Waals surface area contributed by atoms with Gasteiger partial charge >= 0.3 is 0 Å². The smallest absolute Gasteiger partial charge is 0.161 e. The van der Waals surface area contributed by atoms with E-state index in [1.165, 1.54) is 10.8 Å². The van der Waals surface area contributed by atoms with Crippen LogP contribution in [0, 0.1) is 13.8 Å². The highest BCUT2D eigenvalue weighted by Crippen LogP contribution is 2.27. The zero-order valence-electron chi connectivity index (χ0n) is 12.0. The van der Waals surface area contributed by atoms with Crippen molar-refractivity contribution >= 4 is 16.6 Å². The van der Waals surface area contributed by atoms with Gasteiger partial charge in [0.2, 0.25) is 0 Å². The van der Waals surface area contributed by atoms with E-state index in [9.17, 15) is 4.79 Å². The normalized spacial score (nSPS) is 10.9. The molecule has 0 aliphatic rings. The van der Waals surface area contributed by atoms with Crippen LogP contribution in [0.25, 0.3) is 16.5 Å². The molecule has 20 heavy (non-hydrogen) atoms. The van der Waals surface area contributed by atoms with E-state index in [1.807, 2.05) is 32.0 Å². The number of carbonyl (C=O) groups excluding carboxylic acids is 1. The maximum absolute atomic E-state index is 11.7. The van der Waals surface area contributed by atoms with Crippen LogP contribution in [-0.4, -0.2) is 10.4 Å². The zero-order chi connectivity index (χ0) is 14.3. The van der Waals surface area contributed by atoms with E-state index in [1.54, 1.807) is 6.92 Å². The minimum absolute atomic E-state index is 0.115. The summed E-state index contributed by atoms with van der Waals surface area (Å²) in [6.07, 6.45) is 0. The molecule has 2 nitrogen and oxygen atoms in total. The molecule has 0 radical (unpaired) electrons. The summed E-state index contributed by atoms with van der Waals surface area (Å²) >= 11 is 0. The first kappa shape index (κ1) is 12.7. The van der Waals surface area contributed by atoms with Gasteiger partial charge in [0.15, 0.2) is 5.78 Å². The Labute approximate surface area is 118 Å². The first-order valence-corrected chi connectivity index (χ1v) is 6.77. The molecule has 2 aromatic carbocycles. The predicted octanol–water partition coefficient (Wildman–Crippen LogP) is 4.45. The van der Waals surface area contributed by atoms with Gasteiger partial charge in [-0.25, -0.2) is 0 Å². The van der Waals surface area contributed by atoms with Crippen molar-refractivity contribution in [3.63, 3.8) is 0 Å². The summed E-state index contributed by atoms with van der Waals surface area (Å²) in [4.78, 5) is 11.7. The molecule has 0 fully saturated rings. The van der Waals surface area contributed by atoms with E-state index in [0.29, 0.717) is 0 Å². The summed E-state index contributed by atoms with van der Waals surface area (Å²) in [5.74, 6) is 0.115. The molecule has 0 bridgehead atoms. The van der Waals surface area contributed by atoms with Gasteiger partial charge in [0.1, 0.15) is 0 Å². The average molecular weight is 263 g/mol. The highest BCUT2D eigenvalue weighted by molar-refractivity contribution is 5.96. The second-order valence-corrected chi connectivity index (χ2v) is 5.17. The maximum Gasteiger partial charge on any atom is 0.161 e. The molecule has 0 unspecified atom stereocenters. The summed E-state index contributed by atoms with van der Waals surface area (Å²) in [6, 6.07) is 16.6. The van der Waals surface area contributed by atoms with E-state index in [2.05, 4.69) is 34.9 Å². The minimum Gasteiger partial charge on any atom is -0.317 e. The number of benzene rings is 2. The molecule has 0 aliphatic heterocycles. The van der Waals surface area contributed by atoms with Crippen molar-refractivity contribution in [3.8, 4) is 5.69 Å². The third-order valence-corrected chi connectivity index (χ3v) is 3.82. The van der Waals surface area contributed by atoms with Crippen LogP contribution in [0.1, 0.15) is 28.7 Å². The van der Waals surface area contributed by atoms with Gasteiger partial charge in [0, 0.05) is 22.3 Å². The Balaban J connectivity index is 2.34. The molecular formula is C18H17NO. The lowest BCUT2D eigenvalue weighted by Crippen LogP contribution is -2.01. The van der Waals surface area contributed by atoms with Crippen LogP contribution in [0.3, 0.4) is 0 Å². The van der Waals surface area contributed by atoms with Crippen LogP contribution in [0.4, 0.5) is 0 Å². The first-order chi connectivity index (χ1) is 9.59. The van der Waals surface area contributed by atoms with E-state index in [-0.39, 0.29) is 5.78 Å². The summed E-state index contributed by atoms with van der Waals surface area (Å²) in [5.41, 5.74) is 4.02. The van der Waals surface area contributed by atoms with Gasteiger partial charge in [-0.2, -0.15) is 0 Å². The Morgan fingerprint density at radius 3 is 2.40 bits per heavy atom. The van der Waals surface area contributed by atoms with Crippen molar-refractivity contribution in [3.05, 3.63) is 65.5 Å². The van der Waals surface area contributed by atoms with Gasteiger partial charge in [-0.3, -0.25) is 4.79 Å². The Hall–Kier alpha value is -2.35. The molecule has 0 amide bonds. The Morgan fingerprint density at radius 2 is 1.70 bits per heavy atom. The number of ketones is 1. The molecule has 0 aliphatic carbocycles. The van der Waals surface area contributed by atoms with Crippen LogP contribution in [0.5, 0.6) is 0 Å². The second kappa shape index (κ2) is 4.64. The molecule has 3 rings (SSSR count). The predicted molar refractivity (Wildman–Crippen MR) is 82.8 cm³/mol. The second-order valence-electron chi connectivity index (χ2n) is 5.17. The number of aromatic nitrogens is 1.